The second-order valence-corrected chi connectivity index (χ2v) is 17.2. The predicted molar refractivity (Wildman–Crippen MR) is 162 cm³/mol. The van der Waals surface area contributed by atoms with Crippen LogP contribution in [-0.4, -0.2) is 97.0 Å². The minimum absolute atomic E-state index is 0.0340. The van der Waals surface area contributed by atoms with Crippen molar-refractivity contribution >= 4 is 72.7 Å². The summed E-state index contributed by atoms with van der Waals surface area (Å²) in [4.78, 5) is 46.3. The summed E-state index contributed by atoms with van der Waals surface area (Å²) in [5.74, 6) is -0.480. The average molecular weight is 717 g/mol. The number of fused-ring (bicyclic) bond motifs is 4. The number of aromatic amines is 1. The molecule has 0 radical (unpaired) electrons. The molecule has 20 nitrogen and oxygen atoms in total. The molecular formula is C22H26N10O10P2S2. The zero-order valence-electron chi connectivity index (χ0n) is 23.2. The first-order chi connectivity index (χ1) is 21.8. The Kier molecular flexibility index (Phi) is 6.97. The SMILES string of the molecule is Nc1nc2c(ncn2[C@@H]2S[C@@H]3CO[P@](=O)(S)O[C@H]4[C@@H](O)[C@H](n5cnc6c(N)ncnc65)[C@H]5C[C@@]54COP(=O)(O)O[C@@H]2[C@@H]3O)c(=O)[nH]1. The summed E-state index contributed by atoms with van der Waals surface area (Å²) < 4.78 is 52.7. The molecule has 0 amide bonds. The van der Waals surface area contributed by atoms with Crippen LogP contribution >= 0.6 is 38.6 Å². The average Bonchev–Trinajstić information content (AvgIpc) is 3.26. The van der Waals surface area contributed by atoms with Gasteiger partial charge in [-0.25, -0.2) is 29.1 Å². The summed E-state index contributed by atoms with van der Waals surface area (Å²) in [6, 6.07) is -0.733. The fraction of sp³-hybridized carbons (Fsp3) is 0.545. The summed E-state index contributed by atoms with van der Waals surface area (Å²) >= 11 is 5.19. The number of phosphoric acid groups is 1. The molecule has 11 atom stereocenters. The zero-order valence-corrected chi connectivity index (χ0v) is 26.7. The van der Waals surface area contributed by atoms with Crippen LogP contribution in [0.15, 0.2) is 23.8 Å². The molecule has 24 heteroatoms. The Labute approximate surface area is 266 Å². The molecular weight excluding hydrogens is 690 g/mol. The van der Waals surface area contributed by atoms with E-state index in [0.717, 1.165) is 11.8 Å². The van der Waals surface area contributed by atoms with Gasteiger partial charge in [0.25, 0.3) is 5.56 Å². The number of rotatable bonds is 2. The molecule has 4 aromatic heterocycles. The molecule has 2 saturated carbocycles. The number of hydrogen-bond acceptors (Lipinski definition) is 17. The predicted octanol–water partition coefficient (Wildman–Crippen LogP) is -0.0238. The Balaban J connectivity index is 1.14. The second kappa shape index (κ2) is 10.4. The van der Waals surface area contributed by atoms with Gasteiger partial charge in [0, 0.05) is 5.41 Å². The summed E-state index contributed by atoms with van der Waals surface area (Å²) in [6.45, 7) is -5.11. The van der Waals surface area contributed by atoms with E-state index in [9.17, 15) is 29.0 Å². The van der Waals surface area contributed by atoms with Crippen LogP contribution < -0.4 is 17.0 Å². The molecule has 8 rings (SSSR count). The molecule has 6 heterocycles. The quantitative estimate of drug-likeness (QED) is 0.106. The Bertz CT molecular complexity index is 2050. The minimum Gasteiger partial charge on any atom is -0.389 e. The molecule has 46 heavy (non-hydrogen) atoms. The van der Waals surface area contributed by atoms with Crippen molar-refractivity contribution < 1.29 is 42.3 Å². The first-order valence-corrected chi connectivity index (χ1v) is 18.9. The van der Waals surface area contributed by atoms with Gasteiger partial charge in [-0.3, -0.25) is 32.4 Å². The first-order valence-electron chi connectivity index (χ1n) is 13.8. The summed E-state index contributed by atoms with van der Waals surface area (Å²) in [5, 5.41) is 20.9. The highest BCUT2D eigenvalue weighted by Crippen LogP contribution is 2.73. The molecule has 0 aromatic carbocycles. The van der Waals surface area contributed by atoms with Gasteiger partial charge in [0.2, 0.25) is 5.95 Å². The molecule has 4 fully saturated rings. The van der Waals surface area contributed by atoms with Crippen LogP contribution in [0.25, 0.3) is 22.3 Å². The number of imidazole rings is 2. The van der Waals surface area contributed by atoms with Crippen LogP contribution in [0.2, 0.25) is 0 Å². The third kappa shape index (κ3) is 4.73. The number of hydrogen-bond donors (Lipinski definition) is 7. The molecule has 4 aliphatic rings. The smallest absolute Gasteiger partial charge is 0.389 e. The van der Waals surface area contributed by atoms with E-state index in [1.165, 1.54) is 23.5 Å². The van der Waals surface area contributed by atoms with Crippen LogP contribution in [0.4, 0.5) is 11.8 Å². The van der Waals surface area contributed by atoms with E-state index in [1.807, 2.05) is 0 Å². The minimum atomic E-state index is -4.94. The van der Waals surface area contributed by atoms with E-state index in [-0.39, 0.29) is 22.9 Å². The van der Waals surface area contributed by atoms with Crippen molar-refractivity contribution in [1.82, 2.24) is 39.0 Å². The topological polar surface area (TPSA) is 291 Å². The number of aliphatic hydroxyl groups excluding tert-OH is 2. The Hall–Kier alpha value is -2.62. The monoisotopic (exact) mass is 716 g/mol. The van der Waals surface area contributed by atoms with Crippen molar-refractivity contribution in [2.45, 2.75) is 47.5 Å². The maximum Gasteiger partial charge on any atom is 0.472 e. The van der Waals surface area contributed by atoms with Crippen molar-refractivity contribution in [3.8, 4) is 0 Å². The number of phosphoric ester groups is 1. The van der Waals surface area contributed by atoms with E-state index in [0.29, 0.717) is 17.6 Å². The van der Waals surface area contributed by atoms with Crippen LogP contribution in [0.1, 0.15) is 17.8 Å². The second-order valence-electron chi connectivity index (χ2n) is 11.5. The molecule has 1 spiro atoms. The molecule has 2 aliphatic carbocycles. The van der Waals surface area contributed by atoms with Gasteiger partial charge >= 0.3 is 14.6 Å². The van der Waals surface area contributed by atoms with Crippen LogP contribution in [0, 0.1) is 11.3 Å². The highest BCUT2D eigenvalue weighted by atomic mass is 32.7. The number of H-pyrrole nitrogens is 1. The van der Waals surface area contributed by atoms with Gasteiger partial charge in [0.15, 0.2) is 22.6 Å². The first kappa shape index (κ1) is 30.7. The molecule has 2 bridgehead atoms. The number of nitrogens with two attached hydrogens (primary N) is 2. The van der Waals surface area contributed by atoms with Crippen LogP contribution in [-0.2, 0) is 27.2 Å². The van der Waals surface area contributed by atoms with E-state index < -0.39 is 85.8 Å². The van der Waals surface area contributed by atoms with Crippen LogP contribution in [0.5, 0.6) is 0 Å². The third-order valence-corrected chi connectivity index (χ3v) is 13.1. The van der Waals surface area contributed by atoms with E-state index >= 15 is 0 Å². The number of thioether (sulfide) groups is 1. The standard InChI is InChI=1S/C22H26N10O10P2S2/c23-16-9-17(26-4-25-16)31(5-27-9)11-7-1-22(7)3-40-43(36,37)41-14-12(33)8(2-39-44(38,45)42-15(22)13(11)34)46-20(14)32-6-28-10-18(32)29-21(24)30-19(10)35/h4-8,11-15,20,33-34H,1-3H2,(H,36,37)(H,38,45)(H2,23,25,26)(H3,24,29,30,35)/t7-,8-,11-,12-,13+,14-,15+,20-,22-,44+/m1/s1. The molecule has 4 aromatic rings. The zero-order chi connectivity index (χ0) is 32.3. The van der Waals surface area contributed by atoms with Crippen LogP contribution in [0.3, 0.4) is 0 Å². The van der Waals surface area contributed by atoms with Gasteiger partial charge < -0.3 is 31.1 Å². The molecule has 1 unspecified atom stereocenters. The fourth-order valence-electron chi connectivity index (χ4n) is 6.81. The Morgan fingerprint density at radius 1 is 1.04 bits per heavy atom. The summed E-state index contributed by atoms with van der Waals surface area (Å²) in [7, 11) is -4.94. The molecule has 2 saturated heterocycles. The van der Waals surface area contributed by atoms with Crippen molar-refractivity contribution in [2.24, 2.45) is 11.3 Å². The van der Waals surface area contributed by atoms with Gasteiger partial charge in [0.05, 0.1) is 43.3 Å². The number of nitrogen functional groups attached to an aromatic ring is 2. The van der Waals surface area contributed by atoms with Gasteiger partial charge in [-0.1, -0.05) is 12.2 Å². The number of aromatic nitrogens is 8. The van der Waals surface area contributed by atoms with E-state index in [4.69, 9.17) is 29.6 Å². The van der Waals surface area contributed by atoms with Gasteiger partial charge in [-0.2, -0.15) is 4.98 Å². The lowest BCUT2D eigenvalue weighted by atomic mass is 10.0. The number of thiol groups is 1. The van der Waals surface area contributed by atoms with E-state index in [2.05, 4.69) is 42.2 Å². The maximum absolute atomic E-state index is 13.6. The Morgan fingerprint density at radius 3 is 2.61 bits per heavy atom. The highest BCUT2D eigenvalue weighted by Gasteiger charge is 2.74. The lowest BCUT2D eigenvalue weighted by molar-refractivity contribution is -0.0224. The third-order valence-electron chi connectivity index (χ3n) is 8.96. The normalized spacial score (nSPS) is 41.0. The number of nitrogens with zero attached hydrogens (tertiary/aromatic N) is 7. The van der Waals surface area contributed by atoms with Crippen molar-refractivity contribution in [2.75, 3.05) is 24.7 Å². The van der Waals surface area contributed by atoms with Crippen molar-refractivity contribution in [3.05, 3.63) is 29.3 Å². The van der Waals surface area contributed by atoms with Gasteiger partial charge in [-0.15, -0.1) is 11.8 Å². The van der Waals surface area contributed by atoms with Gasteiger partial charge in [0.1, 0.15) is 35.5 Å². The van der Waals surface area contributed by atoms with Crippen molar-refractivity contribution in [3.63, 3.8) is 0 Å². The van der Waals surface area contributed by atoms with Gasteiger partial charge in [-0.05, 0) is 12.3 Å². The summed E-state index contributed by atoms with van der Waals surface area (Å²) in [6.07, 6.45) is -1.18. The largest absolute Gasteiger partial charge is 0.472 e. The highest BCUT2D eigenvalue weighted by molar-refractivity contribution is 8.44. The maximum atomic E-state index is 13.6. The van der Waals surface area contributed by atoms with Crippen molar-refractivity contribution in [1.29, 1.82) is 0 Å². The molecule has 2 aliphatic heterocycles. The lowest BCUT2D eigenvalue weighted by Crippen LogP contribution is -2.37. The number of nitrogens with one attached hydrogen (secondary N) is 1. The number of aliphatic hydroxyl groups is 2. The molecule has 8 N–H and O–H groups in total. The molecule has 246 valence electrons. The summed E-state index contributed by atoms with van der Waals surface area (Å²) in [5.41, 5.74) is 10.6. The Morgan fingerprint density at radius 2 is 1.80 bits per heavy atom. The fourth-order valence-corrected chi connectivity index (χ4v) is 11.0. The van der Waals surface area contributed by atoms with E-state index in [1.54, 1.807) is 4.57 Å². The number of anilines is 2. The lowest BCUT2D eigenvalue weighted by Gasteiger charge is -2.30.